The van der Waals surface area contributed by atoms with Gasteiger partial charge < -0.3 is 19.2 Å². The second kappa shape index (κ2) is 9.20. The van der Waals surface area contributed by atoms with Gasteiger partial charge in [-0.15, -0.1) is 0 Å². The molecular formula is C22H20BrClN2O4. The highest BCUT2D eigenvalue weighted by molar-refractivity contribution is 9.10. The molecule has 6 nitrogen and oxygen atoms in total. The highest BCUT2D eigenvalue weighted by Crippen LogP contribution is 2.30. The molecule has 2 aromatic carbocycles. The van der Waals surface area contributed by atoms with E-state index in [-0.39, 0.29) is 17.6 Å². The van der Waals surface area contributed by atoms with Crippen LogP contribution in [-0.2, 0) is 4.74 Å². The molecule has 0 aliphatic carbocycles. The number of methoxy groups -OCH3 is 1. The van der Waals surface area contributed by atoms with E-state index in [2.05, 4.69) is 26.2 Å². The number of carbonyl (C=O) groups is 1. The van der Waals surface area contributed by atoms with Gasteiger partial charge in [0.25, 0.3) is 5.91 Å². The first-order valence-electron chi connectivity index (χ1n) is 9.55. The predicted molar refractivity (Wildman–Crippen MR) is 118 cm³/mol. The molecule has 3 aromatic rings. The molecular weight excluding hydrogens is 472 g/mol. The van der Waals surface area contributed by atoms with Gasteiger partial charge in [-0.3, -0.25) is 4.79 Å². The Bertz CT molecular complexity index is 1160. The van der Waals surface area contributed by atoms with E-state index in [1.807, 2.05) is 18.2 Å². The average Bonchev–Trinajstić information content (AvgIpc) is 3.25. The summed E-state index contributed by atoms with van der Waals surface area (Å²) in [6.07, 6.45) is 1.98. The number of hydrogen-bond acceptors (Lipinski definition) is 5. The Hall–Kier alpha value is -2.35. The largest absolute Gasteiger partial charge is 0.494 e. The average molecular weight is 492 g/mol. The highest BCUT2D eigenvalue weighted by atomic mass is 79.9. The Balaban J connectivity index is 1.80. The molecule has 1 atom stereocenters. The van der Waals surface area contributed by atoms with Crippen molar-refractivity contribution in [3.8, 4) is 5.75 Å². The van der Waals surface area contributed by atoms with E-state index in [1.54, 1.807) is 31.4 Å². The van der Waals surface area contributed by atoms with Crippen molar-refractivity contribution in [1.82, 2.24) is 5.32 Å². The van der Waals surface area contributed by atoms with Crippen molar-refractivity contribution in [2.75, 3.05) is 20.3 Å². The maximum Gasteiger partial charge on any atom is 0.256 e. The van der Waals surface area contributed by atoms with Gasteiger partial charge in [-0.25, -0.2) is 4.99 Å². The summed E-state index contributed by atoms with van der Waals surface area (Å²) in [6.45, 7) is 1.17. The normalized spacial score (nSPS) is 16.8. The van der Waals surface area contributed by atoms with Crippen molar-refractivity contribution in [1.29, 1.82) is 0 Å². The van der Waals surface area contributed by atoms with Gasteiger partial charge in [0, 0.05) is 28.0 Å². The molecule has 1 aliphatic heterocycles. The molecule has 0 unspecified atom stereocenters. The number of nitrogens with zero attached hydrogens (tertiary/aromatic N) is 1. The molecule has 0 saturated carbocycles. The maximum absolute atomic E-state index is 13.0. The fourth-order valence-electron chi connectivity index (χ4n) is 3.31. The molecule has 1 aliphatic rings. The number of nitrogens with one attached hydrogen (secondary N) is 1. The minimum Gasteiger partial charge on any atom is -0.494 e. The molecule has 0 bridgehead atoms. The van der Waals surface area contributed by atoms with Gasteiger partial charge in [0.05, 0.1) is 13.2 Å². The third kappa shape index (κ3) is 4.69. The fraction of sp³-hybridized carbons (Fsp3) is 0.273. The van der Waals surface area contributed by atoms with E-state index in [4.69, 9.17) is 25.5 Å². The number of amides is 1. The third-order valence-electron chi connectivity index (χ3n) is 4.83. The van der Waals surface area contributed by atoms with Crippen molar-refractivity contribution in [3.63, 3.8) is 0 Å². The summed E-state index contributed by atoms with van der Waals surface area (Å²) in [4.78, 5) is 17.6. The van der Waals surface area contributed by atoms with Gasteiger partial charge in [0.1, 0.15) is 22.6 Å². The molecule has 1 fully saturated rings. The smallest absolute Gasteiger partial charge is 0.256 e. The molecule has 1 N–H and O–H groups in total. The molecule has 4 rings (SSSR count). The Morgan fingerprint density at radius 3 is 2.93 bits per heavy atom. The number of ether oxygens (including phenoxy) is 2. The summed E-state index contributed by atoms with van der Waals surface area (Å²) in [6, 6.07) is 12.4. The number of halogens is 2. The molecule has 1 amide bonds. The lowest BCUT2D eigenvalue weighted by atomic mass is 10.1. The van der Waals surface area contributed by atoms with Gasteiger partial charge in [-0.2, -0.15) is 0 Å². The van der Waals surface area contributed by atoms with E-state index in [0.717, 1.165) is 29.3 Å². The van der Waals surface area contributed by atoms with Crippen molar-refractivity contribution in [2.45, 2.75) is 18.9 Å². The van der Waals surface area contributed by atoms with Gasteiger partial charge in [0.15, 0.2) is 0 Å². The first kappa shape index (κ1) is 20.9. The standard InChI is InChI=1S/C22H20BrClN2O4/c1-28-20-7-5-15(24)11-18(20)26-22-17(21(27)25-12-16-3-2-8-29-16)10-13-9-14(23)4-6-19(13)30-22/h4-7,9-11,16H,2-3,8,12H2,1H3,(H,25,27)/t16-/m0/s1. The second-order valence-corrected chi connectivity index (χ2v) is 8.27. The molecule has 1 saturated heterocycles. The number of carbonyl (C=O) groups excluding carboxylic acids is 1. The van der Waals surface area contributed by atoms with Gasteiger partial charge in [-0.05, 0) is 55.3 Å². The van der Waals surface area contributed by atoms with Crippen LogP contribution in [0.1, 0.15) is 23.2 Å². The lowest BCUT2D eigenvalue weighted by Crippen LogP contribution is -2.34. The Morgan fingerprint density at radius 2 is 2.17 bits per heavy atom. The molecule has 0 radical (unpaired) electrons. The lowest BCUT2D eigenvalue weighted by molar-refractivity contribution is 0.0854. The van der Waals surface area contributed by atoms with E-state index >= 15 is 0 Å². The van der Waals surface area contributed by atoms with Crippen LogP contribution in [0.25, 0.3) is 11.0 Å². The van der Waals surface area contributed by atoms with Crippen LogP contribution >= 0.6 is 27.5 Å². The zero-order valence-corrected chi connectivity index (χ0v) is 18.6. The molecule has 1 aromatic heterocycles. The molecule has 0 spiro atoms. The fourth-order valence-corrected chi connectivity index (χ4v) is 3.86. The molecule has 2 heterocycles. The Morgan fingerprint density at radius 1 is 1.30 bits per heavy atom. The lowest BCUT2D eigenvalue weighted by Gasteiger charge is -2.11. The van der Waals surface area contributed by atoms with Gasteiger partial charge >= 0.3 is 0 Å². The number of hydrogen-bond donors (Lipinski definition) is 1. The van der Waals surface area contributed by atoms with Gasteiger partial charge in [-0.1, -0.05) is 27.5 Å². The Kier molecular flexibility index (Phi) is 6.41. The summed E-state index contributed by atoms with van der Waals surface area (Å²) in [5.41, 5.74) is 1.57. The summed E-state index contributed by atoms with van der Waals surface area (Å²) in [7, 11) is 1.55. The number of rotatable bonds is 5. The number of benzene rings is 2. The van der Waals surface area contributed by atoms with Crippen LogP contribution < -0.4 is 15.6 Å². The monoisotopic (exact) mass is 490 g/mol. The van der Waals surface area contributed by atoms with Crippen LogP contribution in [0.2, 0.25) is 5.02 Å². The first-order chi connectivity index (χ1) is 14.5. The van der Waals surface area contributed by atoms with Gasteiger partial charge in [0.2, 0.25) is 5.55 Å². The molecule has 30 heavy (non-hydrogen) atoms. The molecule has 156 valence electrons. The van der Waals surface area contributed by atoms with Crippen LogP contribution in [0.3, 0.4) is 0 Å². The Labute approximate surface area is 187 Å². The summed E-state index contributed by atoms with van der Waals surface area (Å²) < 4.78 is 17.9. The summed E-state index contributed by atoms with van der Waals surface area (Å²) in [5.74, 6) is 0.243. The van der Waals surface area contributed by atoms with E-state index in [9.17, 15) is 4.79 Å². The topological polar surface area (TPSA) is 73.1 Å². The minimum atomic E-state index is -0.282. The van der Waals surface area contributed by atoms with E-state index in [0.29, 0.717) is 34.2 Å². The predicted octanol–water partition coefficient (Wildman–Crippen LogP) is 5.00. The third-order valence-corrected chi connectivity index (χ3v) is 5.56. The van der Waals surface area contributed by atoms with Crippen molar-refractivity contribution in [3.05, 3.63) is 63.1 Å². The zero-order valence-electron chi connectivity index (χ0n) is 16.3. The van der Waals surface area contributed by atoms with Crippen molar-refractivity contribution >= 4 is 50.1 Å². The van der Waals surface area contributed by atoms with Crippen LogP contribution in [0, 0.1) is 0 Å². The molecule has 8 heteroatoms. The highest BCUT2D eigenvalue weighted by Gasteiger charge is 2.19. The number of fused-ring (bicyclic) bond motifs is 1. The summed E-state index contributed by atoms with van der Waals surface area (Å²) >= 11 is 9.59. The van der Waals surface area contributed by atoms with Crippen LogP contribution in [-0.4, -0.2) is 32.3 Å². The van der Waals surface area contributed by atoms with Crippen LogP contribution in [0.15, 0.2) is 56.3 Å². The quantitative estimate of drug-likeness (QED) is 0.545. The second-order valence-electron chi connectivity index (χ2n) is 6.92. The minimum absolute atomic E-state index is 0.0360. The SMILES string of the molecule is COc1ccc(Cl)cc1N=c1oc2ccc(Br)cc2cc1C(=O)NC[C@@H]1CCCO1. The maximum atomic E-state index is 13.0. The van der Waals surface area contributed by atoms with Crippen LogP contribution in [0.5, 0.6) is 5.75 Å². The van der Waals surface area contributed by atoms with Crippen molar-refractivity contribution in [2.24, 2.45) is 4.99 Å². The summed E-state index contributed by atoms with van der Waals surface area (Å²) in [5, 5.41) is 4.22. The van der Waals surface area contributed by atoms with Crippen molar-refractivity contribution < 1.29 is 18.7 Å². The van der Waals surface area contributed by atoms with E-state index < -0.39 is 0 Å². The zero-order chi connectivity index (χ0) is 21.1. The van der Waals surface area contributed by atoms with E-state index in [1.165, 1.54) is 0 Å². The first-order valence-corrected chi connectivity index (χ1v) is 10.7. The van der Waals surface area contributed by atoms with Crippen LogP contribution in [0.4, 0.5) is 5.69 Å².